The molecule has 1 fully saturated rings. The molecule has 6 nitrogen and oxygen atoms in total. The molecule has 0 N–H and O–H groups in total. The highest BCUT2D eigenvalue weighted by Gasteiger charge is 2.30. The lowest BCUT2D eigenvalue weighted by Crippen LogP contribution is -2.22. The van der Waals surface area contributed by atoms with E-state index in [1.165, 1.54) is 6.33 Å². The number of rotatable bonds is 3. The standard InChI is InChI=1S/C10H13ClN4O2/c1-2-7-3-4-14(5-7)10-8(15(16)17)9(11)12-6-13-10/h6-7H,2-5H2,1H3. The lowest BCUT2D eigenvalue weighted by atomic mass is 10.1. The Morgan fingerprint density at radius 1 is 1.65 bits per heavy atom. The zero-order valence-corrected chi connectivity index (χ0v) is 10.2. The summed E-state index contributed by atoms with van der Waals surface area (Å²) < 4.78 is 0. The second kappa shape index (κ2) is 4.83. The van der Waals surface area contributed by atoms with Gasteiger partial charge >= 0.3 is 5.69 Å². The lowest BCUT2D eigenvalue weighted by Gasteiger charge is -2.16. The maximum atomic E-state index is 11.0. The Kier molecular flexibility index (Phi) is 3.42. The summed E-state index contributed by atoms with van der Waals surface area (Å²) in [6.07, 6.45) is 3.38. The third kappa shape index (κ3) is 2.31. The van der Waals surface area contributed by atoms with E-state index in [0.717, 1.165) is 25.9 Å². The van der Waals surface area contributed by atoms with Gasteiger partial charge in [-0.2, -0.15) is 0 Å². The van der Waals surface area contributed by atoms with Gasteiger partial charge in [-0.3, -0.25) is 10.1 Å². The number of nitro groups is 1. The molecule has 1 aliphatic rings. The minimum atomic E-state index is -0.517. The first kappa shape index (κ1) is 12.0. The molecule has 1 atom stereocenters. The van der Waals surface area contributed by atoms with Crippen LogP contribution < -0.4 is 4.90 Å². The first-order chi connectivity index (χ1) is 8.13. The van der Waals surface area contributed by atoms with Gasteiger partial charge in [-0.1, -0.05) is 24.9 Å². The summed E-state index contributed by atoms with van der Waals surface area (Å²) in [4.78, 5) is 20.0. The molecule has 0 saturated carbocycles. The van der Waals surface area contributed by atoms with Gasteiger partial charge in [-0.15, -0.1) is 0 Å². The molecular formula is C10H13ClN4O2. The van der Waals surface area contributed by atoms with Crippen molar-refractivity contribution < 1.29 is 4.92 Å². The molecule has 0 aliphatic carbocycles. The van der Waals surface area contributed by atoms with E-state index >= 15 is 0 Å². The molecule has 1 aromatic heterocycles. The van der Waals surface area contributed by atoms with Gasteiger partial charge in [0.25, 0.3) is 0 Å². The second-order valence-electron chi connectivity index (χ2n) is 4.10. The topological polar surface area (TPSA) is 72.2 Å². The first-order valence-electron chi connectivity index (χ1n) is 5.53. The molecule has 7 heteroatoms. The molecule has 0 bridgehead atoms. The Morgan fingerprint density at radius 3 is 3.00 bits per heavy atom. The van der Waals surface area contributed by atoms with Crippen molar-refractivity contribution in [3.8, 4) is 0 Å². The summed E-state index contributed by atoms with van der Waals surface area (Å²) >= 11 is 5.75. The molecule has 0 amide bonds. The Balaban J connectivity index is 2.33. The van der Waals surface area contributed by atoms with Crippen molar-refractivity contribution in [2.75, 3.05) is 18.0 Å². The summed E-state index contributed by atoms with van der Waals surface area (Å²) in [7, 11) is 0. The molecule has 0 radical (unpaired) electrons. The zero-order valence-electron chi connectivity index (χ0n) is 9.47. The quantitative estimate of drug-likeness (QED) is 0.471. The Bertz CT molecular complexity index is 440. The van der Waals surface area contributed by atoms with Crippen molar-refractivity contribution in [3.05, 3.63) is 21.6 Å². The first-order valence-corrected chi connectivity index (χ1v) is 5.91. The van der Waals surface area contributed by atoms with Crippen LogP contribution in [0.3, 0.4) is 0 Å². The number of anilines is 1. The van der Waals surface area contributed by atoms with Crippen molar-refractivity contribution in [2.24, 2.45) is 5.92 Å². The van der Waals surface area contributed by atoms with Crippen molar-refractivity contribution in [3.63, 3.8) is 0 Å². The molecule has 17 heavy (non-hydrogen) atoms. The Labute approximate surface area is 104 Å². The Hall–Kier alpha value is -1.43. The molecule has 92 valence electrons. The summed E-state index contributed by atoms with van der Waals surface area (Å²) in [6.45, 7) is 3.70. The van der Waals surface area contributed by atoms with E-state index in [-0.39, 0.29) is 10.8 Å². The summed E-state index contributed by atoms with van der Waals surface area (Å²) in [6, 6.07) is 0. The number of hydrogen-bond acceptors (Lipinski definition) is 5. The highest BCUT2D eigenvalue weighted by atomic mass is 35.5. The number of aromatic nitrogens is 2. The fourth-order valence-corrected chi connectivity index (χ4v) is 2.29. The largest absolute Gasteiger partial charge is 0.350 e. The second-order valence-corrected chi connectivity index (χ2v) is 4.46. The van der Waals surface area contributed by atoms with Crippen LogP contribution in [0.5, 0.6) is 0 Å². The van der Waals surface area contributed by atoms with Crippen LogP contribution in [0.1, 0.15) is 19.8 Å². The highest BCUT2D eigenvalue weighted by Crippen LogP contribution is 2.34. The van der Waals surface area contributed by atoms with Crippen LogP contribution in [0.4, 0.5) is 11.5 Å². The zero-order chi connectivity index (χ0) is 12.4. The molecule has 0 spiro atoms. The van der Waals surface area contributed by atoms with Gasteiger partial charge in [-0.05, 0) is 12.3 Å². The molecule has 2 heterocycles. The summed E-state index contributed by atoms with van der Waals surface area (Å²) in [5.74, 6) is 0.911. The summed E-state index contributed by atoms with van der Waals surface area (Å²) in [5, 5.41) is 10.9. The maximum Gasteiger partial charge on any atom is 0.348 e. The van der Waals surface area contributed by atoms with Crippen LogP contribution in [0, 0.1) is 16.0 Å². The normalized spacial score (nSPS) is 19.6. The van der Waals surface area contributed by atoms with Crippen molar-refractivity contribution in [1.82, 2.24) is 9.97 Å². The van der Waals surface area contributed by atoms with Crippen LogP contribution in [0.25, 0.3) is 0 Å². The molecule has 1 aliphatic heterocycles. The van der Waals surface area contributed by atoms with Gasteiger partial charge in [0.2, 0.25) is 11.0 Å². The van der Waals surface area contributed by atoms with E-state index in [4.69, 9.17) is 11.6 Å². The van der Waals surface area contributed by atoms with E-state index in [0.29, 0.717) is 11.7 Å². The van der Waals surface area contributed by atoms with Crippen LogP contribution in [0.15, 0.2) is 6.33 Å². The Morgan fingerprint density at radius 2 is 2.41 bits per heavy atom. The fraction of sp³-hybridized carbons (Fsp3) is 0.600. The maximum absolute atomic E-state index is 11.0. The number of nitrogens with zero attached hydrogens (tertiary/aromatic N) is 4. The number of hydrogen-bond donors (Lipinski definition) is 0. The number of halogens is 1. The van der Waals surface area contributed by atoms with Gasteiger partial charge in [0, 0.05) is 13.1 Å². The van der Waals surface area contributed by atoms with Crippen molar-refractivity contribution >= 4 is 23.1 Å². The van der Waals surface area contributed by atoms with Gasteiger partial charge in [0.15, 0.2) is 0 Å². The monoisotopic (exact) mass is 256 g/mol. The smallest absolute Gasteiger partial charge is 0.348 e. The van der Waals surface area contributed by atoms with Crippen LogP contribution in [0.2, 0.25) is 5.15 Å². The molecule has 1 aromatic rings. The third-order valence-corrected chi connectivity index (χ3v) is 3.38. The molecule has 0 aromatic carbocycles. The van der Waals surface area contributed by atoms with Crippen LogP contribution in [-0.2, 0) is 0 Å². The van der Waals surface area contributed by atoms with E-state index in [9.17, 15) is 10.1 Å². The average molecular weight is 257 g/mol. The van der Waals surface area contributed by atoms with E-state index < -0.39 is 4.92 Å². The highest BCUT2D eigenvalue weighted by molar-refractivity contribution is 6.31. The summed E-state index contributed by atoms with van der Waals surface area (Å²) in [5.41, 5.74) is -0.189. The SMILES string of the molecule is CCC1CCN(c2ncnc(Cl)c2[N+](=O)[O-])C1. The van der Waals surface area contributed by atoms with Crippen LogP contribution in [-0.4, -0.2) is 28.0 Å². The van der Waals surface area contributed by atoms with Gasteiger partial charge in [0.05, 0.1) is 4.92 Å². The van der Waals surface area contributed by atoms with Crippen molar-refractivity contribution in [2.45, 2.75) is 19.8 Å². The third-order valence-electron chi connectivity index (χ3n) is 3.10. The minimum Gasteiger partial charge on any atom is -0.350 e. The van der Waals surface area contributed by atoms with E-state index in [2.05, 4.69) is 16.9 Å². The van der Waals surface area contributed by atoms with E-state index in [1.54, 1.807) is 0 Å². The van der Waals surface area contributed by atoms with Gasteiger partial charge in [-0.25, -0.2) is 9.97 Å². The molecule has 1 unspecified atom stereocenters. The fourth-order valence-electron chi connectivity index (χ4n) is 2.10. The van der Waals surface area contributed by atoms with Crippen molar-refractivity contribution in [1.29, 1.82) is 0 Å². The van der Waals surface area contributed by atoms with Gasteiger partial charge in [0.1, 0.15) is 6.33 Å². The predicted octanol–water partition coefficient (Wildman–Crippen LogP) is 2.27. The molecular weight excluding hydrogens is 244 g/mol. The molecule has 1 saturated heterocycles. The minimum absolute atomic E-state index is 0.0973. The lowest BCUT2D eigenvalue weighted by molar-refractivity contribution is -0.384. The van der Waals surface area contributed by atoms with Crippen LogP contribution >= 0.6 is 11.6 Å². The van der Waals surface area contributed by atoms with E-state index in [1.807, 2.05) is 4.90 Å². The van der Waals surface area contributed by atoms with Gasteiger partial charge < -0.3 is 4.90 Å². The average Bonchev–Trinajstić information content (AvgIpc) is 2.76. The molecule has 2 rings (SSSR count). The predicted molar refractivity (Wildman–Crippen MR) is 64.3 cm³/mol.